The maximum Gasteiger partial charge on any atom is 0.234 e. The highest BCUT2D eigenvalue weighted by molar-refractivity contribution is 5.79. The van der Waals surface area contributed by atoms with Gasteiger partial charge in [-0.15, -0.1) is 0 Å². The van der Waals surface area contributed by atoms with Crippen LogP contribution in [0.4, 0.5) is 26.2 Å². The van der Waals surface area contributed by atoms with Crippen LogP contribution in [-0.4, -0.2) is 75.1 Å². The lowest BCUT2D eigenvalue weighted by Gasteiger charge is -2.36. The van der Waals surface area contributed by atoms with Crippen molar-refractivity contribution in [1.82, 2.24) is 35.1 Å². The first-order valence-corrected chi connectivity index (χ1v) is 13.4. The predicted molar refractivity (Wildman–Crippen MR) is 149 cm³/mol. The molecule has 4 aromatic rings. The van der Waals surface area contributed by atoms with Crippen molar-refractivity contribution in [2.45, 2.75) is 32.5 Å². The van der Waals surface area contributed by atoms with Crippen LogP contribution in [0.25, 0.3) is 16.7 Å². The summed E-state index contributed by atoms with van der Waals surface area (Å²) in [5, 5.41) is 10.1. The van der Waals surface area contributed by atoms with Gasteiger partial charge in [0.2, 0.25) is 11.9 Å². The van der Waals surface area contributed by atoms with Crippen LogP contribution in [0.5, 0.6) is 0 Å². The topological polar surface area (TPSA) is 103 Å². The number of carbonyl (C=O) groups is 1. The number of nitrogens with one attached hydrogen (secondary N) is 3. The fourth-order valence-electron chi connectivity index (χ4n) is 5.41. The zero-order valence-electron chi connectivity index (χ0n) is 22.4. The summed E-state index contributed by atoms with van der Waals surface area (Å²) < 4.78 is 31.8. The normalized spacial score (nSPS) is 20.1. The SMILES string of the molecule is CC1CN(c2ccc(Nc3ncc4ccn(-c5cc(F)c(CN6CCNC(=O)C6)c(F)c5)c4n3)cn2)CC(C)N1. The largest absolute Gasteiger partial charge is 0.354 e. The molecule has 3 N–H and O–H groups in total. The summed E-state index contributed by atoms with van der Waals surface area (Å²) in [6.07, 6.45) is 5.11. The second kappa shape index (κ2) is 10.8. The van der Waals surface area contributed by atoms with Gasteiger partial charge >= 0.3 is 0 Å². The van der Waals surface area contributed by atoms with Crippen LogP contribution in [-0.2, 0) is 11.3 Å². The summed E-state index contributed by atoms with van der Waals surface area (Å²) in [6, 6.07) is 9.04. The molecule has 12 heteroatoms. The second-order valence-electron chi connectivity index (χ2n) is 10.5. The molecule has 3 aromatic heterocycles. The van der Waals surface area contributed by atoms with Gasteiger partial charge in [-0.05, 0) is 44.2 Å². The number of piperazine rings is 2. The van der Waals surface area contributed by atoms with E-state index in [0.717, 1.165) is 30.0 Å². The van der Waals surface area contributed by atoms with Crippen molar-refractivity contribution in [3.63, 3.8) is 0 Å². The number of benzene rings is 1. The van der Waals surface area contributed by atoms with E-state index in [0.29, 0.717) is 42.5 Å². The van der Waals surface area contributed by atoms with Crippen LogP contribution in [0.2, 0.25) is 0 Å². The number of anilines is 3. The van der Waals surface area contributed by atoms with E-state index in [2.05, 4.69) is 49.6 Å². The average molecular weight is 548 g/mol. The molecule has 0 aliphatic carbocycles. The first-order valence-electron chi connectivity index (χ1n) is 13.4. The number of hydrogen-bond donors (Lipinski definition) is 3. The number of fused-ring (bicyclic) bond motifs is 1. The molecule has 2 unspecified atom stereocenters. The van der Waals surface area contributed by atoms with E-state index in [9.17, 15) is 4.79 Å². The van der Waals surface area contributed by atoms with Gasteiger partial charge in [0.25, 0.3) is 0 Å². The Morgan fingerprint density at radius 3 is 2.52 bits per heavy atom. The summed E-state index contributed by atoms with van der Waals surface area (Å²) in [5.74, 6) is -0.245. The molecule has 0 spiro atoms. The van der Waals surface area contributed by atoms with Gasteiger partial charge in [0, 0.05) is 68.2 Å². The van der Waals surface area contributed by atoms with E-state index >= 15 is 8.78 Å². The highest BCUT2D eigenvalue weighted by atomic mass is 19.1. The minimum Gasteiger partial charge on any atom is -0.354 e. The Balaban J connectivity index is 1.21. The Hall–Kier alpha value is -4.16. The van der Waals surface area contributed by atoms with Gasteiger partial charge in [-0.2, -0.15) is 4.98 Å². The maximum atomic E-state index is 15.1. The highest BCUT2D eigenvalue weighted by Crippen LogP contribution is 2.25. The zero-order valence-corrected chi connectivity index (χ0v) is 22.4. The predicted octanol–water partition coefficient (Wildman–Crippen LogP) is 2.96. The van der Waals surface area contributed by atoms with Gasteiger partial charge in [0.05, 0.1) is 24.1 Å². The minimum absolute atomic E-state index is 0.0214. The molecule has 10 nitrogen and oxygen atoms in total. The molecule has 0 bridgehead atoms. The van der Waals surface area contributed by atoms with Gasteiger partial charge in [0.15, 0.2) is 0 Å². The van der Waals surface area contributed by atoms with E-state index in [4.69, 9.17) is 0 Å². The molecule has 2 aliphatic rings. The number of amides is 1. The number of halogens is 2. The number of carbonyl (C=O) groups excluding carboxylic acids is 1. The van der Waals surface area contributed by atoms with Gasteiger partial charge in [-0.3, -0.25) is 9.69 Å². The third-order valence-corrected chi connectivity index (χ3v) is 7.22. The van der Waals surface area contributed by atoms with Crippen LogP contribution in [0.3, 0.4) is 0 Å². The number of aromatic nitrogens is 4. The fraction of sp³-hybridized carbons (Fsp3) is 0.357. The van der Waals surface area contributed by atoms with Gasteiger partial charge < -0.3 is 25.4 Å². The molecule has 5 heterocycles. The van der Waals surface area contributed by atoms with Crippen LogP contribution in [0.1, 0.15) is 19.4 Å². The molecule has 40 heavy (non-hydrogen) atoms. The molecule has 1 amide bonds. The van der Waals surface area contributed by atoms with E-state index in [1.54, 1.807) is 34.1 Å². The lowest BCUT2D eigenvalue weighted by molar-refractivity contribution is -0.124. The molecule has 2 atom stereocenters. The second-order valence-corrected chi connectivity index (χ2v) is 10.5. The maximum absolute atomic E-state index is 15.1. The van der Waals surface area contributed by atoms with E-state index in [1.807, 2.05) is 12.1 Å². The van der Waals surface area contributed by atoms with Crippen molar-refractivity contribution in [3.05, 3.63) is 66.1 Å². The van der Waals surface area contributed by atoms with Crippen molar-refractivity contribution < 1.29 is 13.6 Å². The Kier molecular flexibility index (Phi) is 7.03. The lowest BCUT2D eigenvalue weighted by atomic mass is 10.1. The van der Waals surface area contributed by atoms with Gasteiger partial charge in [-0.1, -0.05) is 0 Å². The van der Waals surface area contributed by atoms with Crippen molar-refractivity contribution in [1.29, 1.82) is 0 Å². The third-order valence-electron chi connectivity index (χ3n) is 7.22. The van der Waals surface area contributed by atoms with Crippen LogP contribution in [0.15, 0.2) is 48.9 Å². The molecular formula is C28H31F2N9O. The van der Waals surface area contributed by atoms with Crippen molar-refractivity contribution in [2.75, 3.05) is 42.9 Å². The summed E-state index contributed by atoms with van der Waals surface area (Å²) in [6.45, 7) is 7.23. The summed E-state index contributed by atoms with van der Waals surface area (Å²) in [5.41, 5.74) is 1.48. The Labute approximate surface area is 230 Å². The number of hydrogen-bond acceptors (Lipinski definition) is 8. The minimum atomic E-state index is -0.672. The first-order chi connectivity index (χ1) is 19.3. The lowest BCUT2D eigenvalue weighted by Crippen LogP contribution is -2.54. The van der Waals surface area contributed by atoms with Crippen molar-refractivity contribution in [3.8, 4) is 5.69 Å². The van der Waals surface area contributed by atoms with Crippen molar-refractivity contribution >= 4 is 34.4 Å². The Morgan fingerprint density at radius 1 is 1.05 bits per heavy atom. The number of pyridine rings is 1. The molecule has 0 radical (unpaired) electrons. The van der Waals surface area contributed by atoms with E-state index in [-0.39, 0.29) is 24.6 Å². The third kappa shape index (κ3) is 5.45. The molecule has 0 saturated carbocycles. The number of rotatable bonds is 6. The summed E-state index contributed by atoms with van der Waals surface area (Å²) >= 11 is 0. The Bertz CT molecular complexity index is 1510. The fourth-order valence-corrected chi connectivity index (χ4v) is 5.41. The monoisotopic (exact) mass is 547 g/mol. The molecule has 2 saturated heterocycles. The highest BCUT2D eigenvalue weighted by Gasteiger charge is 2.23. The molecule has 2 fully saturated rings. The molecule has 208 valence electrons. The standard InChI is InChI=1S/C28H31F2N9O/c1-17-13-38(14-18(2)34-17)25-4-3-20(12-32-25)35-28-33-11-19-5-7-39(27(19)36-28)21-9-23(29)22(24(30)10-21)15-37-8-6-31-26(40)16-37/h3-5,7,9-12,17-18,34H,6,8,13-16H2,1-2H3,(H,31,40)(H,33,35,36). The zero-order chi connectivity index (χ0) is 27.8. The quantitative estimate of drug-likeness (QED) is 0.339. The Morgan fingerprint density at radius 2 is 1.82 bits per heavy atom. The van der Waals surface area contributed by atoms with Crippen LogP contribution >= 0.6 is 0 Å². The number of nitrogens with zero attached hydrogens (tertiary/aromatic N) is 6. The average Bonchev–Trinajstić information content (AvgIpc) is 3.34. The molecular weight excluding hydrogens is 516 g/mol. The van der Waals surface area contributed by atoms with Crippen LogP contribution < -0.4 is 20.9 Å². The van der Waals surface area contributed by atoms with Gasteiger partial charge in [0.1, 0.15) is 23.1 Å². The van der Waals surface area contributed by atoms with Crippen LogP contribution in [0, 0.1) is 11.6 Å². The molecule has 6 rings (SSSR count). The molecule has 1 aromatic carbocycles. The van der Waals surface area contributed by atoms with E-state index in [1.165, 1.54) is 12.1 Å². The first kappa shape index (κ1) is 26.1. The summed E-state index contributed by atoms with van der Waals surface area (Å²) in [7, 11) is 0. The van der Waals surface area contributed by atoms with Crippen molar-refractivity contribution in [2.24, 2.45) is 0 Å². The molecule has 2 aliphatic heterocycles. The van der Waals surface area contributed by atoms with E-state index < -0.39 is 11.6 Å². The smallest absolute Gasteiger partial charge is 0.234 e. The van der Waals surface area contributed by atoms with Gasteiger partial charge in [-0.25, -0.2) is 18.7 Å². The summed E-state index contributed by atoms with van der Waals surface area (Å²) in [4.78, 5) is 29.3.